The Kier molecular flexibility index (Phi) is 6.23. The molecule has 0 aliphatic carbocycles. The van der Waals surface area contributed by atoms with E-state index in [1.807, 2.05) is 30.3 Å². The van der Waals surface area contributed by atoms with Gasteiger partial charge < -0.3 is 15.1 Å². The van der Waals surface area contributed by atoms with Crippen LogP contribution in [0.3, 0.4) is 0 Å². The van der Waals surface area contributed by atoms with Crippen molar-refractivity contribution in [1.82, 2.24) is 19.9 Å². The molecular formula is C33H30N4O2. The largest absolute Gasteiger partial charge is 0.478 e. The van der Waals surface area contributed by atoms with Crippen molar-refractivity contribution in [3.05, 3.63) is 106 Å². The first-order valence-electron chi connectivity index (χ1n) is 13.3. The summed E-state index contributed by atoms with van der Waals surface area (Å²) in [7, 11) is 0. The van der Waals surface area contributed by atoms with Crippen LogP contribution < -0.4 is 0 Å². The Morgan fingerprint density at radius 2 is 1.64 bits per heavy atom. The normalized spacial score (nSPS) is 11.5. The van der Waals surface area contributed by atoms with Gasteiger partial charge in [0.15, 0.2) is 0 Å². The van der Waals surface area contributed by atoms with Crippen LogP contribution in [0.1, 0.15) is 51.8 Å². The summed E-state index contributed by atoms with van der Waals surface area (Å²) in [5, 5.41) is 9.62. The molecule has 6 nitrogen and oxygen atoms in total. The molecule has 6 rings (SSSR count). The molecule has 0 aliphatic heterocycles. The number of fused-ring (bicyclic) bond motifs is 2. The van der Waals surface area contributed by atoms with Crippen molar-refractivity contribution in [2.75, 3.05) is 0 Å². The molecule has 194 valence electrons. The number of para-hydroxylation sites is 1. The Hall–Kier alpha value is -4.71. The maximum Gasteiger partial charge on any atom is 0.336 e. The number of aromatic amines is 2. The van der Waals surface area contributed by atoms with Crippen molar-refractivity contribution in [3.8, 4) is 22.5 Å². The lowest BCUT2D eigenvalue weighted by molar-refractivity contribution is 0.0697. The number of aromatic carboxylic acids is 1. The third kappa shape index (κ3) is 4.48. The molecule has 6 aromatic rings. The van der Waals surface area contributed by atoms with E-state index in [0.29, 0.717) is 17.5 Å². The summed E-state index contributed by atoms with van der Waals surface area (Å²) >= 11 is 0. The Bertz CT molecular complexity index is 1840. The monoisotopic (exact) mass is 514 g/mol. The zero-order valence-corrected chi connectivity index (χ0v) is 22.3. The van der Waals surface area contributed by atoms with E-state index in [-0.39, 0.29) is 0 Å². The van der Waals surface area contributed by atoms with Gasteiger partial charge in [0.2, 0.25) is 0 Å². The van der Waals surface area contributed by atoms with Gasteiger partial charge in [-0.05, 0) is 78.3 Å². The van der Waals surface area contributed by atoms with E-state index in [2.05, 4.69) is 61.1 Å². The number of carboxylic acid groups (broad SMARTS) is 1. The van der Waals surface area contributed by atoms with Crippen molar-refractivity contribution >= 4 is 28.0 Å². The Balaban J connectivity index is 1.46. The molecule has 39 heavy (non-hydrogen) atoms. The predicted octanol–water partition coefficient (Wildman–Crippen LogP) is 7.63. The minimum Gasteiger partial charge on any atom is -0.478 e. The lowest BCUT2D eigenvalue weighted by Gasteiger charge is -2.13. The highest BCUT2D eigenvalue weighted by molar-refractivity contribution is 5.96. The van der Waals surface area contributed by atoms with Crippen LogP contribution >= 0.6 is 0 Å². The number of hydrogen-bond acceptors (Lipinski definition) is 3. The van der Waals surface area contributed by atoms with Gasteiger partial charge in [-0.25, -0.2) is 14.8 Å². The summed E-state index contributed by atoms with van der Waals surface area (Å²) in [4.78, 5) is 28.7. The number of carboxylic acids is 1. The van der Waals surface area contributed by atoms with E-state index in [1.54, 1.807) is 12.1 Å². The molecule has 0 spiro atoms. The Labute approximate surface area is 226 Å². The maximum atomic E-state index is 11.7. The number of rotatable bonds is 7. The molecule has 0 aliphatic rings. The van der Waals surface area contributed by atoms with Crippen LogP contribution in [0.15, 0.2) is 72.8 Å². The van der Waals surface area contributed by atoms with Crippen molar-refractivity contribution < 1.29 is 9.90 Å². The van der Waals surface area contributed by atoms with Crippen LogP contribution in [-0.2, 0) is 12.8 Å². The van der Waals surface area contributed by atoms with E-state index in [9.17, 15) is 9.90 Å². The number of carbonyl (C=O) groups is 1. The van der Waals surface area contributed by atoms with Crippen LogP contribution in [0, 0.1) is 13.8 Å². The summed E-state index contributed by atoms with van der Waals surface area (Å²) in [6, 6.07) is 23.6. The fourth-order valence-electron chi connectivity index (χ4n) is 5.43. The fourth-order valence-corrected chi connectivity index (χ4v) is 5.43. The molecule has 2 heterocycles. The summed E-state index contributed by atoms with van der Waals surface area (Å²) in [5.74, 6) is 0.921. The Morgan fingerprint density at radius 3 is 2.38 bits per heavy atom. The fraction of sp³-hybridized carbons (Fsp3) is 0.182. The molecule has 0 saturated carbocycles. The first-order chi connectivity index (χ1) is 18.9. The predicted molar refractivity (Wildman–Crippen MR) is 156 cm³/mol. The number of hydrogen-bond donors (Lipinski definition) is 3. The molecule has 4 aromatic carbocycles. The topological polar surface area (TPSA) is 94.7 Å². The first-order valence-corrected chi connectivity index (χ1v) is 13.3. The highest BCUT2D eigenvalue weighted by Crippen LogP contribution is 2.34. The molecule has 0 atom stereocenters. The second kappa shape index (κ2) is 9.87. The van der Waals surface area contributed by atoms with Gasteiger partial charge in [0.05, 0.1) is 27.6 Å². The van der Waals surface area contributed by atoms with Gasteiger partial charge >= 0.3 is 5.97 Å². The van der Waals surface area contributed by atoms with E-state index in [0.717, 1.165) is 74.4 Å². The van der Waals surface area contributed by atoms with Crippen molar-refractivity contribution in [2.24, 2.45) is 0 Å². The van der Waals surface area contributed by atoms with Crippen LogP contribution in [0.4, 0.5) is 0 Å². The van der Waals surface area contributed by atoms with E-state index in [4.69, 9.17) is 9.97 Å². The molecule has 0 unspecified atom stereocenters. The molecule has 0 radical (unpaired) electrons. The number of aryl methyl sites for hydroxylation is 3. The highest BCUT2D eigenvalue weighted by atomic mass is 16.4. The van der Waals surface area contributed by atoms with Gasteiger partial charge in [0.1, 0.15) is 11.6 Å². The van der Waals surface area contributed by atoms with E-state index < -0.39 is 5.97 Å². The number of nitrogens with zero attached hydrogens (tertiary/aromatic N) is 2. The smallest absolute Gasteiger partial charge is 0.336 e. The van der Waals surface area contributed by atoms with Crippen molar-refractivity contribution in [1.29, 1.82) is 0 Å². The molecule has 6 heteroatoms. The van der Waals surface area contributed by atoms with Gasteiger partial charge in [-0.3, -0.25) is 0 Å². The molecule has 2 aromatic heterocycles. The Morgan fingerprint density at radius 1 is 0.846 bits per heavy atom. The quantitative estimate of drug-likeness (QED) is 0.204. The average molecular weight is 515 g/mol. The molecule has 3 N–H and O–H groups in total. The SMILES string of the molecule is CCCc1nc2c(C)c(Cc3ccc(-c4ccccc4C(=O)O)cc3)c(-c3nc4c(C)cccc4[nH]3)cc2[nH]1. The van der Waals surface area contributed by atoms with E-state index >= 15 is 0 Å². The van der Waals surface area contributed by atoms with Crippen LogP contribution in [0.2, 0.25) is 0 Å². The van der Waals surface area contributed by atoms with Gasteiger partial charge in [-0.1, -0.05) is 61.5 Å². The summed E-state index contributed by atoms with van der Waals surface area (Å²) in [5.41, 5.74) is 11.6. The molecule has 0 saturated heterocycles. The second-order valence-corrected chi connectivity index (χ2v) is 10.1. The van der Waals surface area contributed by atoms with Crippen LogP contribution in [0.5, 0.6) is 0 Å². The minimum absolute atomic E-state index is 0.301. The first kappa shape index (κ1) is 24.6. The second-order valence-electron chi connectivity index (χ2n) is 10.1. The molecule has 0 bridgehead atoms. The number of nitrogens with one attached hydrogen (secondary N) is 2. The lowest BCUT2D eigenvalue weighted by atomic mass is 9.92. The number of aromatic nitrogens is 4. The molecule has 0 amide bonds. The zero-order chi connectivity index (χ0) is 27.1. The standard InChI is InChI=1S/C33H30N4O2/c1-4-8-29-34-28-18-26(32-35-27-12-7-9-19(2)30(27)37-32)25(20(3)31(28)36-29)17-21-13-15-22(16-14-21)23-10-5-6-11-24(23)33(38)39/h5-7,9-16,18H,4,8,17H2,1-3H3,(H,34,36)(H,35,37)(H,38,39). The summed E-state index contributed by atoms with van der Waals surface area (Å²) in [6.45, 7) is 6.38. The van der Waals surface area contributed by atoms with E-state index in [1.165, 1.54) is 5.56 Å². The van der Waals surface area contributed by atoms with Gasteiger partial charge in [-0.2, -0.15) is 0 Å². The van der Waals surface area contributed by atoms with Crippen molar-refractivity contribution in [3.63, 3.8) is 0 Å². The number of imidazole rings is 2. The van der Waals surface area contributed by atoms with Gasteiger partial charge in [-0.15, -0.1) is 0 Å². The number of benzene rings is 4. The molecular weight excluding hydrogens is 484 g/mol. The number of H-pyrrole nitrogens is 2. The van der Waals surface area contributed by atoms with Gasteiger partial charge in [0, 0.05) is 12.0 Å². The summed E-state index contributed by atoms with van der Waals surface area (Å²) in [6.07, 6.45) is 2.63. The van der Waals surface area contributed by atoms with Crippen LogP contribution in [0.25, 0.3) is 44.6 Å². The van der Waals surface area contributed by atoms with Gasteiger partial charge in [0.25, 0.3) is 0 Å². The molecule has 0 fully saturated rings. The minimum atomic E-state index is -0.925. The van der Waals surface area contributed by atoms with Crippen LogP contribution in [-0.4, -0.2) is 31.0 Å². The van der Waals surface area contributed by atoms with Crippen molar-refractivity contribution in [2.45, 2.75) is 40.0 Å². The lowest BCUT2D eigenvalue weighted by Crippen LogP contribution is -2.00. The zero-order valence-electron chi connectivity index (χ0n) is 22.3. The summed E-state index contributed by atoms with van der Waals surface area (Å²) < 4.78 is 0. The third-order valence-corrected chi connectivity index (χ3v) is 7.46. The average Bonchev–Trinajstić information content (AvgIpc) is 3.56. The highest BCUT2D eigenvalue weighted by Gasteiger charge is 2.19. The maximum absolute atomic E-state index is 11.7. The third-order valence-electron chi connectivity index (χ3n) is 7.46.